The lowest BCUT2D eigenvalue weighted by Gasteiger charge is -2.41. The average Bonchev–Trinajstić information content (AvgIpc) is 3.15. The van der Waals surface area contributed by atoms with Crippen LogP contribution >= 0.6 is 0 Å². The van der Waals surface area contributed by atoms with Crippen LogP contribution in [0.25, 0.3) is 0 Å². The molecule has 1 saturated carbocycles. The zero-order chi connectivity index (χ0) is 14.2. The lowest BCUT2D eigenvalue weighted by molar-refractivity contribution is -0.151. The molecule has 0 spiro atoms. The summed E-state index contributed by atoms with van der Waals surface area (Å²) in [5.74, 6) is 0.844. The third kappa shape index (κ3) is 3.16. The Balaban J connectivity index is 2.08. The Labute approximate surface area is 116 Å². The summed E-state index contributed by atoms with van der Waals surface area (Å²) in [4.78, 5) is 26.1. The molecule has 0 aromatic heterocycles. The number of rotatable bonds is 5. The first-order valence-corrected chi connectivity index (χ1v) is 8.57. The Morgan fingerprint density at radius 3 is 2.58 bits per heavy atom. The van der Waals surface area contributed by atoms with Crippen molar-refractivity contribution in [3.8, 4) is 0 Å². The van der Waals surface area contributed by atoms with Crippen LogP contribution in [0.5, 0.6) is 0 Å². The molecule has 1 aliphatic heterocycles. The predicted molar refractivity (Wildman–Crippen MR) is 74.0 cm³/mol. The van der Waals surface area contributed by atoms with E-state index >= 15 is 0 Å². The molecular weight excluding hydrogens is 264 g/mol. The first kappa shape index (κ1) is 14.5. The summed E-state index contributed by atoms with van der Waals surface area (Å²) in [6.07, 6.45) is 4.37. The molecule has 2 rings (SSSR count). The summed E-state index contributed by atoms with van der Waals surface area (Å²) in [5, 5.41) is 2.84. The molecule has 5 nitrogen and oxygen atoms in total. The summed E-state index contributed by atoms with van der Waals surface area (Å²) in [7, 11) is -0.866. The van der Waals surface area contributed by atoms with Crippen LogP contribution in [0.15, 0.2) is 0 Å². The van der Waals surface area contributed by atoms with Crippen LogP contribution in [0.1, 0.15) is 33.1 Å². The van der Waals surface area contributed by atoms with Gasteiger partial charge in [-0.1, -0.05) is 0 Å². The first-order valence-electron chi connectivity index (χ1n) is 6.84. The highest BCUT2D eigenvalue weighted by Gasteiger charge is 2.46. The number of piperazine rings is 1. The van der Waals surface area contributed by atoms with Crippen LogP contribution in [0.3, 0.4) is 0 Å². The lowest BCUT2D eigenvalue weighted by atomic mass is 10.0. The topological polar surface area (TPSA) is 66.5 Å². The smallest absolute Gasteiger partial charge is 0.246 e. The van der Waals surface area contributed by atoms with Crippen LogP contribution in [0.4, 0.5) is 0 Å². The molecule has 2 aliphatic rings. The Kier molecular flexibility index (Phi) is 4.28. The molecule has 1 N–H and O–H groups in total. The summed E-state index contributed by atoms with van der Waals surface area (Å²) < 4.78 is 11.2. The molecular formula is C13H22N2O3S. The van der Waals surface area contributed by atoms with Gasteiger partial charge < -0.3 is 10.2 Å². The fourth-order valence-corrected chi connectivity index (χ4v) is 3.31. The fourth-order valence-electron chi connectivity index (χ4n) is 2.64. The maximum atomic E-state index is 12.5. The molecule has 0 bridgehead atoms. The highest BCUT2D eigenvalue weighted by atomic mass is 32.2. The van der Waals surface area contributed by atoms with E-state index in [9.17, 15) is 13.8 Å². The van der Waals surface area contributed by atoms with Crippen LogP contribution in [-0.2, 0) is 20.4 Å². The number of hydrogen-bond acceptors (Lipinski definition) is 3. The Hall–Kier alpha value is -0.910. The quantitative estimate of drug-likeness (QED) is 0.789. The van der Waals surface area contributed by atoms with Crippen molar-refractivity contribution in [3.63, 3.8) is 0 Å². The van der Waals surface area contributed by atoms with E-state index in [2.05, 4.69) is 5.32 Å². The van der Waals surface area contributed by atoms with E-state index in [0.29, 0.717) is 18.1 Å². The van der Waals surface area contributed by atoms with Crippen molar-refractivity contribution in [2.24, 2.45) is 5.92 Å². The van der Waals surface area contributed by atoms with Crippen molar-refractivity contribution >= 4 is 22.6 Å². The molecule has 0 aromatic rings. The Morgan fingerprint density at radius 1 is 1.42 bits per heavy atom. The second-order valence-electron chi connectivity index (χ2n) is 5.66. The van der Waals surface area contributed by atoms with Gasteiger partial charge in [-0.3, -0.25) is 13.8 Å². The van der Waals surface area contributed by atoms with E-state index in [1.54, 1.807) is 18.1 Å². The summed E-state index contributed by atoms with van der Waals surface area (Å²) in [6.45, 7) is 3.69. The van der Waals surface area contributed by atoms with Gasteiger partial charge in [-0.05, 0) is 39.0 Å². The predicted octanol–water partition coefficient (Wildman–Crippen LogP) is 0.269. The van der Waals surface area contributed by atoms with E-state index in [1.807, 2.05) is 6.92 Å². The lowest BCUT2D eigenvalue weighted by Crippen LogP contribution is -2.65. The van der Waals surface area contributed by atoms with E-state index in [-0.39, 0.29) is 23.9 Å². The molecule has 4 unspecified atom stereocenters. The standard InChI is InChI=1S/C13H22N2O3S/c1-8(6-7-19(3)18)15-9(2)12(16)14-11(13(15)17)10-4-5-10/h8-11H,4-7H2,1-3H3,(H,14,16). The average molecular weight is 286 g/mol. The van der Waals surface area contributed by atoms with Gasteiger partial charge in [0.1, 0.15) is 12.1 Å². The van der Waals surface area contributed by atoms with Gasteiger partial charge in [-0.15, -0.1) is 0 Å². The van der Waals surface area contributed by atoms with Gasteiger partial charge in [0.2, 0.25) is 11.8 Å². The normalized spacial score (nSPS) is 31.0. The molecule has 2 amide bonds. The Morgan fingerprint density at radius 2 is 2.05 bits per heavy atom. The highest BCUT2D eigenvalue weighted by molar-refractivity contribution is 7.84. The van der Waals surface area contributed by atoms with Gasteiger partial charge in [0, 0.05) is 28.9 Å². The minimum absolute atomic E-state index is 0.0315. The van der Waals surface area contributed by atoms with Crippen molar-refractivity contribution in [2.45, 2.75) is 51.2 Å². The van der Waals surface area contributed by atoms with Gasteiger partial charge in [-0.25, -0.2) is 0 Å². The van der Waals surface area contributed by atoms with Crippen LogP contribution < -0.4 is 5.32 Å². The van der Waals surface area contributed by atoms with Gasteiger partial charge in [0.05, 0.1) is 0 Å². The molecule has 2 fully saturated rings. The third-order valence-electron chi connectivity index (χ3n) is 4.01. The summed E-state index contributed by atoms with van der Waals surface area (Å²) >= 11 is 0. The van der Waals surface area contributed by atoms with Crippen molar-refractivity contribution in [1.29, 1.82) is 0 Å². The number of carbonyl (C=O) groups is 2. The van der Waals surface area contributed by atoms with E-state index in [0.717, 1.165) is 12.8 Å². The SMILES string of the molecule is CC(CCS(C)=O)N1C(=O)C(C2CC2)NC(=O)C1C. The van der Waals surface area contributed by atoms with E-state index < -0.39 is 16.8 Å². The number of carbonyl (C=O) groups excluding carboxylic acids is 2. The van der Waals surface area contributed by atoms with Gasteiger partial charge in [-0.2, -0.15) is 0 Å². The monoisotopic (exact) mass is 286 g/mol. The molecule has 1 aliphatic carbocycles. The Bertz CT molecular complexity index is 409. The minimum Gasteiger partial charge on any atom is -0.342 e. The van der Waals surface area contributed by atoms with Crippen LogP contribution in [-0.4, -0.2) is 51.1 Å². The number of nitrogens with zero attached hydrogens (tertiary/aromatic N) is 1. The van der Waals surface area contributed by atoms with E-state index in [1.165, 1.54) is 0 Å². The fraction of sp³-hybridized carbons (Fsp3) is 0.846. The van der Waals surface area contributed by atoms with Gasteiger partial charge in [0.25, 0.3) is 0 Å². The van der Waals surface area contributed by atoms with Gasteiger partial charge >= 0.3 is 0 Å². The third-order valence-corrected chi connectivity index (χ3v) is 4.82. The molecule has 6 heteroatoms. The number of amides is 2. The number of hydrogen-bond donors (Lipinski definition) is 1. The second-order valence-corrected chi connectivity index (χ2v) is 7.21. The molecule has 19 heavy (non-hydrogen) atoms. The first-order chi connectivity index (χ1) is 8.91. The molecule has 1 saturated heterocycles. The van der Waals surface area contributed by atoms with Crippen molar-refractivity contribution in [1.82, 2.24) is 10.2 Å². The molecule has 0 aromatic carbocycles. The number of nitrogens with one attached hydrogen (secondary N) is 1. The largest absolute Gasteiger partial charge is 0.342 e. The van der Waals surface area contributed by atoms with Crippen molar-refractivity contribution in [3.05, 3.63) is 0 Å². The zero-order valence-electron chi connectivity index (χ0n) is 11.7. The van der Waals surface area contributed by atoms with Gasteiger partial charge in [0.15, 0.2) is 0 Å². The van der Waals surface area contributed by atoms with Crippen molar-refractivity contribution in [2.75, 3.05) is 12.0 Å². The maximum absolute atomic E-state index is 12.5. The summed E-state index contributed by atoms with van der Waals surface area (Å²) in [6, 6.07) is -0.806. The second kappa shape index (κ2) is 5.61. The highest BCUT2D eigenvalue weighted by Crippen LogP contribution is 2.35. The molecule has 1 heterocycles. The van der Waals surface area contributed by atoms with Crippen LogP contribution in [0.2, 0.25) is 0 Å². The maximum Gasteiger partial charge on any atom is 0.246 e. The molecule has 4 atom stereocenters. The zero-order valence-corrected chi connectivity index (χ0v) is 12.5. The van der Waals surface area contributed by atoms with Crippen molar-refractivity contribution < 1.29 is 13.8 Å². The molecule has 108 valence electrons. The minimum atomic E-state index is -0.866. The molecule has 0 radical (unpaired) electrons. The van der Waals surface area contributed by atoms with Crippen LogP contribution in [0, 0.1) is 5.92 Å². The van der Waals surface area contributed by atoms with E-state index in [4.69, 9.17) is 0 Å². The summed E-state index contributed by atoms with van der Waals surface area (Å²) in [5.41, 5.74) is 0.